The molecular formula is C16H20N4O3. The van der Waals surface area contributed by atoms with Gasteiger partial charge in [-0.2, -0.15) is 0 Å². The molecule has 0 radical (unpaired) electrons. The van der Waals surface area contributed by atoms with Crippen molar-refractivity contribution in [3.8, 4) is 0 Å². The molecule has 122 valence electrons. The number of hydrogen-bond acceptors (Lipinski definition) is 5. The summed E-state index contributed by atoms with van der Waals surface area (Å²) in [5.74, 6) is -1.24. The number of aromatic amines is 1. The van der Waals surface area contributed by atoms with E-state index in [2.05, 4.69) is 15.3 Å². The highest BCUT2D eigenvalue weighted by Gasteiger charge is 2.21. The molecule has 1 aromatic heterocycles. The number of H-pyrrole nitrogens is 1. The lowest BCUT2D eigenvalue weighted by Crippen LogP contribution is -2.46. The van der Waals surface area contributed by atoms with Crippen LogP contribution in [0.1, 0.15) is 11.3 Å². The van der Waals surface area contributed by atoms with Gasteiger partial charge in [-0.15, -0.1) is 0 Å². The minimum atomic E-state index is -1.02. The number of aromatic nitrogens is 2. The Balaban J connectivity index is 1.84. The number of Topliss-reactive ketones (excluding diaryl/α,β-unsaturated/α-hetero) is 1. The Kier molecular flexibility index (Phi) is 6.02. The van der Waals surface area contributed by atoms with Crippen LogP contribution in [-0.2, 0) is 22.4 Å². The number of aliphatic carboxylic acids is 1. The molecule has 1 heterocycles. The molecule has 0 spiro atoms. The molecule has 1 aromatic carbocycles. The number of nitrogens with one attached hydrogen (secondary N) is 2. The van der Waals surface area contributed by atoms with E-state index in [0.717, 1.165) is 5.56 Å². The molecule has 0 aliphatic carbocycles. The summed E-state index contributed by atoms with van der Waals surface area (Å²) >= 11 is 0. The number of carboxylic acids is 1. The van der Waals surface area contributed by atoms with Crippen LogP contribution in [0.15, 0.2) is 42.9 Å². The number of imidazole rings is 1. The molecule has 0 fully saturated rings. The van der Waals surface area contributed by atoms with E-state index in [1.807, 2.05) is 30.3 Å². The van der Waals surface area contributed by atoms with Crippen molar-refractivity contribution in [3.05, 3.63) is 54.1 Å². The first-order valence-corrected chi connectivity index (χ1v) is 7.32. The van der Waals surface area contributed by atoms with Crippen molar-refractivity contribution < 1.29 is 14.7 Å². The van der Waals surface area contributed by atoms with Crippen molar-refractivity contribution in [2.75, 3.05) is 6.54 Å². The number of carbonyl (C=O) groups is 2. The van der Waals surface area contributed by atoms with Crippen molar-refractivity contribution in [1.29, 1.82) is 0 Å². The molecule has 5 N–H and O–H groups in total. The van der Waals surface area contributed by atoms with Crippen LogP contribution in [0.5, 0.6) is 0 Å². The summed E-state index contributed by atoms with van der Waals surface area (Å²) in [6.07, 6.45) is 3.69. The number of carbonyl (C=O) groups excluding carboxylic acids is 1. The molecule has 0 amide bonds. The number of ketones is 1. The summed E-state index contributed by atoms with van der Waals surface area (Å²) in [5, 5.41) is 12.0. The maximum atomic E-state index is 12.1. The van der Waals surface area contributed by atoms with Crippen LogP contribution in [0.2, 0.25) is 0 Å². The quantitative estimate of drug-likeness (QED) is 0.522. The maximum absolute atomic E-state index is 12.1. The highest BCUT2D eigenvalue weighted by molar-refractivity contribution is 5.86. The van der Waals surface area contributed by atoms with E-state index < -0.39 is 18.1 Å². The zero-order chi connectivity index (χ0) is 16.7. The van der Waals surface area contributed by atoms with Crippen molar-refractivity contribution in [2.45, 2.75) is 24.9 Å². The smallest absolute Gasteiger partial charge is 0.321 e. The monoisotopic (exact) mass is 316 g/mol. The molecule has 0 bridgehead atoms. The lowest BCUT2D eigenvalue weighted by Gasteiger charge is -2.15. The summed E-state index contributed by atoms with van der Waals surface area (Å²) in [7, 11) is 0. The molecule has 0 saturated carbocycles. The Morgan fingerprint density at radius 3 is 2.61 bits per heavy atom. The largest absolute Gasteiger partial charge is 0.480 e. The molecule has 0 saturated heterocycles. The van der Waals surface area contributed by atoms with Crippen LogP contribution in [0, 0.1) is 0 Å². The minimum Gasteiger partial charge on any atom is -0.480 e. The van der Waals surface area contributed by atoms with Gasteiger partial charge in [0.2, 0.25) is 0 Å². The van der Waals surface area contributed by atoms with E-state index >= 15 is 0 Å². The van der Waals surface area contributed by atoms with Gasteiger partial charge in [0.25, 0.3) is 0 Å². The molecule has 2 atom stereocenters. The number of carboxylic acid groups (broad SMARTS) is 1. The number of nitrogens with two attached hydrogens (primary N) is 1. The van der Waals surface area contributed by atoms with Crippen LogP contribution < -0.4 is 11.1 Å². The van der Waals surface area contributed by atoms with E-state index in [1.54, 1.807) is 6.20 Å². The fourth-order valence-electron chi connectivity index (χ4n) is 2.20. The van der Waals surface area contributed by atoms with E-state index in [1.165, 1.54) is 6.33 Å². The third kappa shape index (κ3) is 5.32. The zero-order valence-corrected chi connectivity index (χ0v) is 12.6. The van der Waals surface area contributed by atoms with Crippen LogP contribution in [0.3, 0.4) is 0 Å². The van der Waals surface area contributed by atoms with Gasteiger partial charge in [0.15, 0.2) is 5.78 Å². The second kappa shape index (κ2) is 8.21. The van der Waals surface area contributed by atoms with Gasteiger partial charge in [0, 0.05) is 18.3 Å². The normalized spacial score (nSPS) is 13.4. The third-order valence-corrected chi connectivity index (χ3v) is 3.51. The number of benzene rings is 1. The van der Waals surface area contributed by atoms with E-state index in [-0.39, 0.29) is 18.7 Å². The average molecular weight is 316 g/mol. The minimum absolute atomic E-state index is 0.0842. The van der Waals surface area contributed by atoms with Gasteiger partial charge in [0.05, 0.1) is 18.9 Å². The molecule has 2 rings (SSSR count). The second-order valence-corrected chi connectivity index (χ2v) is 5.32. The first-order chi connectivity index (χ1) is 11.1. The fourth-order valence-corrected chi connectivity index (χ4v) is 2.20. The Morgan fingerprint density at radius 2 is 2.00 bits per heavy atom. The standard InChI is InChI=1S/C16H20N4O3/c17-13(6-11-4-2-1-3-5-11)15(21)9-19-14(16(22)23)7-12-8-18-10-20-12/h1-5,8,10,13-14,19H,6-7,9,17H2,(H,18,20)(H,22,23)/t13-,14-/m0/s1. The van der Waals surface area contributed by atoms with Crippen LogP contribution in [0.25, 0.3) is 0 Å². The summed E-state index contributed by atoms with van der Waals surface area (Å²) in [6, 6.07) is 7.93. The Morgan fingerprint density at radius 1 is 1.26 bits per heavy atom. The van der Waals surface area contributed by atoms with E-state index in [0.29, 0.717) is 12.1 Å². The van der Waals surface area contributed by atoms with E-state index in [9.17, 15) is 14.7 Å². The second-order valence-electron chi connectivity index (χ2n) is 5.32. The van der Waals surface area contributed by atoms with Gasteiger partial charge >= 0.3 is 5.97 Å². The van der Waals surface area contributed by atoms with Gasteiger partial charge in [-0.1, -0.05) is 30.3 Å². The Bertz CT molecular complexity index is 628. The topological polar surface area (TPSA) is 121 Å². The van der Waals surface area contributed by atoms with Crippen molar-refractivity contribution in [1.82, 2.24) is 15.3 Å². The lowest BCUT2D eigenvalue weighted by atomic mass is 10.0. The molecule has 7 nitrogen and oxygen atoms in total. The SMILES string of the molecule is N[C@@H](Cc1ccccc1)C(=O)CN[C@@H](Cc1cnc[nH]1)C(=O)O. The molecule has 0 aliphatic rings. The van der Waals surface area contributed by atoms with Gasteiger partial charge in [-0.3, -0.25) is 14.9 Å². The molecule has 23 heavy (non-hydrogen) atoms. The summed E-state index contributed by atoms with van der Waals surface area (Å²) < 4.78 is 0. The van der Waals surface area contributed by atoms with Crippen molar-refractivity contribution in [3.63, 3.8) is 0 Å². The number of hydrogen-bond donors (Lipinski definition) is 4. The highest BCUT2D eigenvalue weighted by Crippen LogP contribution is 2.03. The Hall–Kier alpha value is -2.51. The van der Waals surface area contributed by atoms with Gasteiger partial charge in [-0.05, 0) is 12.0 Å². The highest BCUT2D eigenvalue weighted by atomic mass is 16.4. The predicted molar refractivity (Wildman–Crippen MR) is 84.8 cm³/mol. The first kappa shape index (κ1) is 16.9. The van der Waals surface area contributed by atoms with Gasteiger partial charge < -0.3 is 15.8 Å². The zero-order valence-electron chi connectivity index (χ0n) is 12.6. The van der Waals surface area contributed by atoms with Crippen LogP contribution in [0.4, 0.5) is 0 Å². The number of rotatable bonds is 9. The molecular weight excluding hydrogens is 296 g/mol. The lowest BCUT2D eigenvalue weighted by molar-refractivity contribution is -0.139. The first-order valence-electron chi connectivity index (χ1n) is 7.32. The Labute approximate surface area is 133 Å². The summed E-state index contributed by atoms with van der Waals surface area (Å²) in [6.45, 7) is -0.0842. The molecule has 0 aliphatic heterocycles. The van der Waals surface area contributed by atoms with Gasteiger partial charge in [-0.25, -0.2) is 4.98 Å². The van der Waals surface area contributed by atoms with Crippen LogP contribution in [-0.4, -0.2) is 45.5 Å². The van der Waals surface area contributed by atoms with Crippen molar-refractivity contribution in [2.24, 2.45) is 5.73 Å². The number of nitrogens with zero attached hydrogens (tertiary/aromatic N) is 1. The molecule has 2 aromatic rings. The fraction of sp³-hybridized carbons (Fsp3) is 0.312. The molecule has 7 heteroatoms. The maximum Gasteiger partial charge on any atom is 0.321 e. The van der Waals surface area contributed by atoms with Crippen LogP contribution >= 0.6 is 0 Å². The molecule has 0 unspecified atom stereocenters. The van der Waals surface area contributed by atoms with Crippen molar-refractivity contribution >= 4 is 11.8 Å². The summed E-state index contributed by atoms with van der Waals surface area (Å²) in [5.41, 5.74) is 7.55. The van der Waals surface area contributed by atoms with Gasteiger partial charge in [0.1, 0.15) is 6.04 Å². The summed E-state index contributed by atoms with van der Waals surface area (Å²) in [4.78, 5) is 30.0. The average Bonchev–Trinajstić information content (AvgIpc) is 3.04. The van der Waals surface area contributed by atoms with E-state index in [4.69, 9.17) is 5.73 Å². The predicted octanol–water partition coefficient (Wildman–Crippen LogP) is 0.134. The third-order valence-electron chi connectivity index (χ3n) is 3.51.